The molecule has 4 heterocycles. The van der Waals surface area contributed by atoms with E-state index in [4.69, 9.17) is 0 Å². The molecule has 0 fully saturated rings. The van der Waals surface area contributed by atoms with Gasteiger partial charge in [-0.2, -0.15) is 0 Å². The average Bonchev–Trinajstić information content (AvgIpc) is 3.76. The SMILES string of the molecule is CC1(C)c2cc3c4c5c(c6ccccc6n5c3cc2-c2cc3c5cccc6c7ccccc7n(c3cc21)c65)CCC=4. The fourth-order valence-electron chi connectivity index (χ4n) is 8.88. The van der Waals surface area contributed by atoms with Gasteiger partial charge in [-0.15, -0.1) is 0 Å². The summed E-state index contributed by atoms with van der Waals surface area (Å²) in [6.45, 7) is 4.85. The first kappa shape index (κ1) is 21.0. The molecule has 2 aliphatic rings. The Labute approximate surface area is 236 Å². The third-order valence-corrected chi connectivity index (χ3v) is 10.6. The van der Waals surface area contributed by atoms with Gasteiger partial charge in [0.25, 0.3) is 0 Å². The summed E-state index contributed by atoms with van der Waals surface area (Å²) in [6.07, 6.45) is 4.72. The van der Waals surface area contributed by atoms with Crippen LogP contribution in [0.5, 0.6) is 0 Å². The van der Waals surface area contributed by atoms with Gasteiger partial charge in [0.05, 0.1) is 33.1 Å². The number of rotatable bonds is 0. The van der Waals surface area contributed by atoms with Crippen LogP contribution in [0.4, 0.5) is 0 Å². The number of fused-ring (bicyclic) bond motifs is 15. The lowest BCUT2D eigenvalue weighted by Crippen LogP contribution is -2.15. The molecule has 0 radical (unpaired) electrons. The largest absolute Gasteiger partial charge is 0.308 e. The number of para-hydroxylation sites is 3. The molecule has 4 aromatic heterocycles. The summed E-state index contributed by atoms with van der Waals surface area (Å²) >= 11 is 0. The van der Waals surface area contributed by atoms with Crippen molar-refractivity contribution in [2.24, 2.45) is 0 Å². The van der Waals surface area contributed by atoms with Gasteiger partial charge in [-0.1, -0.05) is 74.5 Å². The Hall–Kier alpha value is -4.82. The molecule has 192 valence electrons. The Morgan fingerprint density at radius 2 is 1.17 bits per heavy atom. The Morgan fingerprint density at radius 1 is 0.537 bits per heavy atom. The fraction of sp³-hybridized carbons (Fsp3) is 0.128. The highest BCUT2D eigenvalue weighted by Crippen LogP contribution is 2.52. The first-order chi connectivity index (χ1) is 20.1. The van der Waals surface area contributed by atoms with Crippen molar-refractivity contribution in [3.63, 3.8) is 0 Å². The summed E-state index contributed by atoms with van der Waals surface area (Å²) in [4.78, 5) is 0. The van der Waals surface area contributed by atoms with Gasteiger partial charge in [0.2, 0.25) is 0 Å². The minimum atomic E-state index is -0.0804. The van der Waals surface area contributed by atoms with Crippen LogP contribution in [0.15, 0.2) is 91.0 Å². The van der Waals surface area contributed by atoms with Gasteiger partial charge in [0.1, 0.15) is 0 Å². The van der Waals surface area contributed by atoms with Crippen LogP contribution in [0.1, 0.15) is 37.0 Å². The minimum absolute atomic E-state index is 0.0804. The maximum absolute atomic E-state index is 2.56. The van der Waals surface area contributed by atoms with Gasteiger partial charge in [-0.05, 0) is 77.1 Å². The van der Waals surface area contributed by atoms with Gasteiger partial charge in [0, 0.05) is 43.0 Å². The number of aryl methyl sites for hydroxylation is 1. The van der Waals surface area contributed by atoms with Crippen LogP contribution in [0, 0.1) is 0 Å². The van der Waals surface area contributed by atoms with Crippen LogP contribution >= 0.6 is 0 Å². The molecule has 11 rings (SSSR count). The van der Waals surface area contributed by atoms with Gasteiger partial charge < -0.3 is 8.80 Å². The van der Waals surface area contributed by atoms with E-state index in [1.807, 2.05) is 0 Å². The van der Waals surface area contributed by atoms with Crippen LogP contribution in [-0.4, -0.2) is 8.80 Å². The smallest absolute Gasteiger partial charge is 0.0620 e. The van der Waals surface area contributed by atoms with E-state index < -0.39 is 0 Å². The van der Waals surface area contributed by atoms with E-state index in [1.165, 1.54) is 98.5 Å². The minimum Gasteiger partial charge on any atom is -0.308 e. The molecule has 2 heteroatoms. The molecule has 0 unspecified atom stereocenters. The molecular formula is C39H26N2. The van der Waals surface area contributed by atoms with Crippen molar-refractivity contribution in [2.75, 3.05) is 0 Å². The lowest BCUT2D eigenvalue weighted by atomic mass is 9.82. The molecule has 9 aromatic rings. The summed E-state index contributed by atoms with van der Waals surface area (Å²) in [5, 5.41) is 9.64. The summed E-state index contributed by atoms with van der Waals surface area (Å²) in [5.41, 5.74) is 15.2. The molecule has 0 saturated heterocycles. The van der Waals surface area contributed by atoms with E-state index >= 15 is 0 Å². The Kier molecular flexibility index (Phi) is 3.36. The second kappa shape index (κ2) is 6.56. The second-order valence-electron chi connectivity index (χ2n) is 12.8. The number of nitrogens with zero attached hydrogens (tertiary/aromatic N) is 2. The first-order valence-electron chi connectivity index (χ1n) is 14.9. The number of benzene rings is 5. The third-order valence-electron chi connectivity index (χ3n) is 10.6. The number of hydrogen-bond donors (Lipinski definition) is 0. The third kappa shape index (κ3) is 2.18. The van der Waals surface area contributed by atoms with Crippen LogP contribution in [0.25, 0.3) is 82.6 Å². The van der Waals surface area contributed by atoms with Gasteiger partial charge in [0.15, 0.2) is 0 Å². The standard InChI is InChI=1S/C39H26N2/c1-39(2)31-18-30-26-14-8-12-24-21-9-3-5-15-33(21)40(38(24)26)35(30)19-28(31)27-17-29-25-13-7-11-23-22-10-4-6-16-34(22)41(37(23)25)36(29)20-32(27)39/h3-7,9-11,13-20H,8,12H2,1-2H3. The lowest BCUT2D eigenvalue weighted by molar-refractivity contribution is 0.662. The van der Waals surface area contributed by atoms with E-state index in [-0.39, 0.29) is 5.41 Å². The highest BCUT2D eigenvalue weighted by Gasteiger charge is 2.37. The molecule has 0 aliphatic heterocycles. The number of hydrogen-bond acceptors (Lipinski definition) is 0. The van der Waals surface area contributed by atoms with Crippen molar-refractivity contribution in [3.8, 4) is 11.1 Å². The number of aromatic nitrogens is 2. The Balaban J connectivity index is 1.31. The fourth-order valence-corrected chi connectivity index (χ4v) is 8.88. The van der Waals surface area contributed by atoms with Crippen molar-refractivity contribution in [3.05, 3.63) is 113 Å². The molecule has 0 bridgehead atoms. The molecule has 2 nitrogen and oxygen atoms in total. The summed E-state index contributed by atoms with van der Waals surface area (Å²) in [6, 6.07) is 34.8. The Morgan fingerprint density at radius 3 is 2.02 bits per heavy atom. The highest BCUT2D eigenvalue weighted by molar-refractivity contribution is 6.24. The topological polar surface area (TPSA) is 8.82 Å². The summed E-state index contributed by atoms with van der Waals surface area (Å²) < 4.78 is 5.07. The van der Waals surface area contributed by atoms with Crippen molar-refractivity contribution < 1.29 is 0 Å². The zero-order chi connectivity index (χ0) is 26.8. The molecule has 0 spiro atoms. The maximum atomic E-state index is 2.56. The van der Waals surface area contributed by atoms with Gasteiger partial charge >= 0.3 is 0 Å². The van der Waals surface area contributed by atoms with Crippen LogP contribution < -0.4 is 5.22 Å². The second-order valence-corrected chi connectivity index (χ2v) is 12.8. The predicted octanol–water partition coefficient (Wildman–Crippen LogP) is 9.15. The molecule has 2 aliphatic carbocycles. The molecule has 0 amide bonds. The van der Waals surface area contributed by atoms with E-state index in [0.29, 0.717) is 0 Å². The quantitative estimate of drug-likeness (QED) is 0.188. The maximum Gasteiger partial charge on any atom is 0.0620 e. The normalized spacial score (nSPS) is 15.8. The Bertz CT molecular complexity index is 2710. The monoisotopic (exact) mass is 522 g/mol. The van der Waals surface area contributed by atoms with Gasteiger partial charge in [-0.25, -0.2) is 0 Å². The first-order valence-corrected chi connectivity index (χ1v) is 14.9. The van der Waals surface area contributed by atoms with Gasteiger partial charge in [-0.3, -0.25) is 0 Å². The highest BCUT2D eigenvalue weighted by atomic mass is 14.9. The zero-order valence-electron chi connectivity index (χ0n) is 23.0. The van der Waals surface area contributed by atoms with Crippen LogP contribution in [0.2, 0.25) is 0 Å². The molecule has 5 aromatic carbocycles. The molecule has 0 N–H and O–H groups in total. The van der Waals surface area contributed by atoms with E-state index in [0.717, 1.165) is 12.8 Å². The van der Waals surface area contributed by atoms with Crippen molar-refractivity contribution in [1.82, 2.24) is 8.80 Å². The predicted molar refractivity (Wildman–Crippen MR) is 173 cm³/mol. The van der Waals surface area contributed by atoms with Crippen molar-refractivity contribution in [2.45, 2.75) is 32.1 Å². The zero-order valence-corrected chi connectivity index (χ0v) is 23.0. The van der Waals surface area contributed by atoms with Crippen molar-refractivity contribution >= 4 is 71.5 Å². The van der Waals surface area contributed by atoms with E-state index in [9.17, 15) is 0 Å². The molecular weight excluding hydrogens is 496 g/mol. The van der Waals surface area contributed by atoms with E-state index in [2.05, 4.69) is 120 Å². The van der Waals surface area contributed by atoms with Crippen LogP contribution in [0.3, 0.4) is 0 Å². The molecule has 0 saturated carbocycles. The summed E-state index contributed by atoms with van der Waals surface area (Å²) in [5.74, 6) is 0. The van der Waals surface area contributed by atoms with E-state index in [1.54, 1.807) is 0 Å². The molecule has 41 heavy (non-hydrogen) atoms. The lowest BCUT2D eigenvalue weighted by Gasteiger charge is -2.21. The summed E-state index contributed by atoms with van der Waals surface area (Å²) in [7, 11) is 0. The molecule has 0 atom stereocenters. The average molecular weight is 523 g/mol. The van der Waals surface area contributed by atoms with Crippen LogP contribution in [-0.2, 0) is 11.8 Å². The van der Waals surface area contributed by atoms with Crippen molar-refractivity contribution in [1.29, 1.82) is 0 Å².